The van der Waals surface area contributed by atoms with Gasteiger partial charge in [0.2, 0.25) is 0 Å². The topological polar surface area (TPSA) is 0 Å². The predicted molar refractivity (Wildman–Crippen MR) is 51.2 cm³/mol. The van der Waals surface area contributed by atoms with Gasteiger partial charge < -0.3 is 4.48 Å². The molecule has 0 spiro atoms. The highest BCUT2D eigenvalue weighted by Crippen LogP contribution is 2.08. The van der Waals surface area contributed by atoms with E-state index < -0.39 is 0 Å². The molecule has 0 amide bonds. The van der Waals surface area contributed by atoms with Crippen LogP contribution in [0.1, 0.15) is 12.5 Å². The fraction of sp³-hybridized carbons (Fsp3) is 0.364. The van der Waals surface area contributed by atoms with Gasteiger partial charge in [0, 0.05) is 12.6 Å². The van der Waals surface area contributed by atoms with E-state index in [2.05, 4.69) is 19.1 Å². The van der Waals surface area contributed by atoms with Crippen LogP contribution < -0.4 is 0 Å². The minimum atomic E-state index is 0.560. The molecule has 1 radical (unpaired) electrons. The Morgan fingerprint density at radius 1 is 1.25 bits per heavy atom. The van der Waals surface area contributed by atoms with Gasteiger partial charge in [-0.3, -0.25) is 0 Å². The first-order chi connectivity index (χ1) is 5.64. The van der Waals surface area contributed by atoms with Crippen molar-refractivity contribution in [3.8, 4) is 0 Å². The van der Waals surface area contributed by atoms with E-state index in [1.54, 1.807) is 0 Å². The van der Waals surface area contributed by atoms with Gasteiger partial charge in [-0.05, 0) is 6.92 Å². The minimum absolute atomic E-state index is 0.560. The van der Waals surface area contributed by atoms with E-state index in [1.165, 1.54) is 5.56 Å². The first-order valence-electron chi connectivity index (χ1n) is 4.31. The molecule has 12 heavy (non-hydrogen) atoms. The van der Waals surface area contributed by atoms with Crippen LogP contribution in [0.15, 0.2) is 30.3 Å². The first-order valence-corrected chi connectivity index (χ1v) is 4.31. The van der Waals surface area contributed by atoms with Crippen molar-refractivity contribution >= 4 is 0 Å². The average molecular weight is 162 g/mol. The normalized spacial score (nSPS) is 15.6. The largest absolute Gasteiger partial charge is 0.475 e. The molecule has 0 fully saturated rings. The molecule has 0 saturated carbocycles. The smallest absolute Gasteiger partial charge is 0.0786 e. The summed E-state index contributed by atoms with van der Waals surface area (Å²) in [6.45, 7) is 3.95. The van der Waals surface area contributed by atoms with Crippen LogP contribution in [0.4, 0.5) is 0 Å². The molecule has 0 aromatic heterocycles. The summed E-state index contributed by atoms with van der Waals surface area (Å²) >= 11 is 0. The molecule has 0 N–H and O–H groups in total. The van der Waals surface area contributed by atoms with Crippen LogP contribution in [-0.2, 0) is 6.54 Å². The Kier molecular flexibility index (Phi) is 2.88. The summed E-state index contributed by atoms with van der Waals surface area (Å²) in [6.07, 6.45) is 0. The second-order valence-corrected chi connectivity index (χ2v) is 3.44. The Bertz CT molecular complexity index is 226. The molecule has 0 heterocycles. The van der Waals surface area contributed by atoms with Crippen LogP contribution in [0.3, 0.4) is 0 Å². The number of benzene rings is 1. The van der Waals surface area contributed by atoms with E-state index in [0.717, 1.165) is 13.1 Å². The van der Waals surface area contributed by atoms with Crippen LogP contribution in [0.5, 0.6) is 0 Å². The molecule has 1 rings (SSSR count). The fourth-order valence-corrected chi connectivity index (χ4v) is 1.11. The van der Waals surface area contributed by atoms with Crippen LogP contribution in [0.2, 0.25) is 0 Å². The van der Waals surface area contributed by atoms with Gasteiger partial charge >= 0.3 is 0 Å². The average Bonchev–Trinajstić information content (AvgIpc) is 2.06. The third kappa shape index (κ3) is 2.67. The standard InChI is InChI=1S/C11H16N/c1-4-12(2,3)10-11-8-6-5-7-9-11/h2,5-9H,4,10H2,1,3H3. The maximum Gasteiger partial charge on any atom is 0.0786 e. The number of hydrogen-bond donors (Lipinski definition) is 0. The van der Waals surface area contributed by atoms with Crippen molar-refractivity contribution in [1.82, 2.24) is 0 Å². The number of quaternary nitrogens is 1. The lowest BCUT2D eigenvalue weighted by atomic mass is 10.2. The van der Waals surface area contributed by atoms with Gasteiger partial charge in [-0.15, -0.1) is 0 Å². The Morgan fingerprint density at radius 2 is 1.83 bits per heavy atom. The highest BCUT2D eigenvalue weighted by Gasteiger charge is 2.04. The maximum atomic E-state index is 5.99. The molecule has 1 heteroatoms. The van der Waals surface area contributed by atoms with Gasteiger partial charge in [-0.1, -0.05) is 30.3 Å². The van der Waals surface area contributed by atoms with Crippen LogP contribution in [-0.4, -0.2) is 18.1 Å². The molecule has 0 aliphatic rings. The van der Waals surface area contributed by atoms with Crippen LogP contribution >= 0.6 is 0 Å². The van der Waals surface area contributed by atoms with Crippen molar-refractivity contribution < 1.29 is 4.48 Å². The summed E-state index contributed by atoms with van der Waals surface area (Å²) in [7, 11) is 8.02. The Hall–Kier alpha value is -0.820. The summed E-state index contributed by atoms with van der Waals surface area (Å²) in [4.78, 5) is 0. The highest BCUT2D eigenvalue weighted by molar-refractivity contribution is 5.13. The first kappa shape index (κ1) is 9.27. The summed E-state index contributed by atoms with van der Waals surface area (Å²) in [5.74, 6) is 0. The predicted octanol–water partition coefficient (Wildman–Crippen LogP) is 2.32. The van der Waals surface area contributed by atoms with E-state index in [0.29, 0.717) is 4.48 Å². The molecule has 0 saturated heterocycles. The van der Waals surface area contributed by atoms with Crippen molar-refractivity contribution in [3.63, 3.8) is 0 Å². The lowest BCUT2D eigenvalue weighted by Crippen LogP contribution is -2.35. The van der Waals surface area contributed by atoms with Gasteiger partial charge in [-0.2, -0.15) is 0 Å². The van der Waals surface area contributed by atoms with Crippen molar-refractivity contribution in [2.75, 3.05) is 13.6 Å². The summed E-state index contributed by atoms with van der Waals surface area (Å²) in [5, 5.41) is 0. The summed E-state index contributed by atoms with van der Waals surface area (Å²) in [6, 6.07) is 10.3. The number of nitrogens with zero attached hydrogens (tertiary/aromatic N) is 1. The highest BCUT2D eigenvalue weighted by atomic mass is 15.3. The SMILES string of the molecule is [CH-][N+](C)(CC)Cc1ccccc1. The Labute approximate surface area is 75.2 Å². The number of hydrogen-bond acceptors (Lipinski definition) is 0. The molecule has 0 aliphatic carbocycles. The summed E-state index contributed by atoms with van der Waals surface area (Å²) < 4.78 is 0.560. The monoisotopic (exact) mass is 162 g/mol. The van der Waals surface area contributed by atoms with E-state index in [4.69, 9.17) is 7.05 Å². The minimum Gasteiger partial charge on any atom is -0.475 e. The van der Waals surface area contributed by atoms with Crippen LogP contribution in [0, 0.1) is 7.05 Å². The number of rotatable bonds is 3. The second-order valence-electron chi connectivity index (χ2n) is 3.44. The van der Waals surface area contributed by atoms with Gasteiger partial charge in [0.1, 0.15) is 0 Å². The molecule has 1 aromatic carbocycles. The zero-order valence-corrected chi connectivity index (χ0v) is 7.83. The Balaban J connectivity index is 2.64. The molecular weight excluding hydrogens is 146 g/mol. The molecule has 0 bridgehead atoms. The molecule has 0 aliphatic heterocycles. The van der Waals surface area contributed by atoms with E-state index >= 15 is 0 Å². The van der Waals surface area contributed by atoms with Gasteiger partial charge in [0.15, 0.2) is 0 Å². The molecule has 1 atom stereocenters. The molecule has 1 nitrogen and oxygen atoms in total. The van der Waals surface area contributed by atoms with Gasteiger partial charge in [0.05, 0.1) is 13.1 Å². The third-order valence-electron chi connectivity index (χ3n) is 2.11. The van der Waals surface area contributed by atoms with Crippen molar-refractivity contribution in [1.29, 1.82) is 0 Å². The van der Waals surface area contributed by atoms with Crippen molar-refractivity contribution in [2.24, 2.45) is 0 Å². The quantitative estimate of drug-likeness (QED) is 0.472. The lowest BCUT2D eigenvalue weighted by molar-refractivity contribution is -0.877. The van der Waals surface area contributed by atoms with Crippen molar-refractivity contribution in [3.05, 3.63) is 42.9 Å². The van der Waals surface area contributed by atoms with Gasteiger partial charge in [-0.25, -0.2) is 7.05 Å². The Morgan fingerprint density at radius 3 is 2.33 bits per heavy atom. The zero-order valence-electron chi connectivity index (χ0n) is 7.83. The van der Waals surface area contributed by atoms with Crippen molar-refractivity contribution in [2.45, 2.75) is 13.5 Å². The second kappa shape index (κ2) is 3.72. The summed E-state index contributed by atoms with van der Waals surface area (Å²) in [5.41, 5.74) is 1.30. The zero-order chi connectivity index (χ0) is 9.03. The van der Waals surface area contributed by atoms with E-state index in [-0.39, 0.29) is 0 Å². The molecule has 1 unspecified atom stereocenters. The van der Waals surface area contributed by atoms with Crippen LogP contribution in [0.25, 0.3) is 0 Å². The fourth-order valence-electron chi connectivity index (χ4n) is 1.11. The van der Waals surface area contributed by atoms with E-state index in [1.807, 2.05) is 25.2 Å². The van der Waals surface area contributed by atoms with Gasteiger partial charge in [0.25, 0.3) is 0 Å². The molecular formula is C11H16N. The molecule has 65 valence electrons. The van der Waals surface area contributed by atoms with E-state index in [9.17, 15) is 0 Å². The maximum absolute atomic E-state index is 5.99. The third-order valence-corrected chi connectivity index (χ3v) is 2.11. The molecule has 1 aromatic rings. The lowest BCUT2D eigenvalue weighted by Gasteiger charge is -2.38.